The average molecular weight is 281 g/mol. The van der Waals surface area contributed by atoms with Crippen LogP contribution in [-0.2, 0) is 13.5 Å². The Hall–Kier alpha value is -0.970. The number of aromatic nitrogens is 4. The summed E-state index contributed by atoms with van der Waals surface area (Å²) in [6.07, 6.45) is 7.15. The molecule has 4 nitrogen and oxygen atoms in total. The molecule has 2 aromatic rings. The average Bonchev–Trinajstić information content (AvgIpc) is 3.05. The van der Waals surface area contributed by atoms with E-state index in [1.165, 1.54) is 12.8 Å². The zero-order chi connectivity index (χ0) is 11.1. The van der Waals surface area contributed by atoms with Gasteiger partial charge in [-0.1, -0.05) is 15.9 Å². The molecular weight excluding hydrogens is 268 g/mol. The number of alkyl halides is 1. The number of fused-ring (bicyclic) bond motifs is 1. The summed E-state index contributed by atoms with van der Waals surface area (Å²) in [5.41, 5.74) is 2.02. The van der Waals surface area contributed by atoms with Crippen LogP contribution in [0.3, 0.4) is 0 Å². The Kier molecular flexibility index (Phi) is 2.42. The lowest BCUT2D eigenvalue weighted by molar-refractivity contribution is 0.748. The first kappa shape index (κ1) is 10.2. The molecule has 16 heavy (non-hydrogen) atoms. The van der Waals surface area contributed by atoms with Crippen molar-refractivity contribution in [3.8, 4) is 0 Å². The zero-order valence-corrected chi connectivity index (χ0v) is 10.7. The second kappa shape index (κ2) is 3.80. The Balaban J connectivity index is 1.96. The van der Waals surface area contributed by atoms with Crippen molar-refractivity contribution < 1.29 is 0 Å². The van der Waals surface area contributed by atoms with Gasteiger partial charge in [0.25, 0.3) is 0 Å². The van der Waals surface area contributed by atoms with Gasteiger partial charge in [0, 0.05) is 18.3 Å². The molecule has 0 bridgehead atoms. The molecule has 1 atom stereocenters. The van der Waals surface area contributed by atoms with Crippen molar-refractivity contribution in [3.63, 3.8) is 0 Å². The van der Waals surface area contributed by atoms with Gasteiger partial charge in [0.2, 0.25) is 0 Å². The van der Waals surface area contributed by atoms with Crippen LogP contribution in [-0.4, -0.2) is 24.6 Å². The molecule has 0 N–H and O–H groups in total. The van der Waals surface area contributed by atoms with Crippen molar-refractivity contribution >= 4 is 27.0 Å². The van der Waals surface area contributed by atoms with Crippen LogP contribution in [0.4, 0.5) is 0 Å². The fraction of sp³-hybridized carbons (Fsp3) is 0.545. The second-order valence-corrected chi connectivity index (χ2v) is 5.56. The summed E-state index contributed by atoms with van der Waals surface area (Å²) in [7, 11) is 1.91. The van der Waals surface area contributed by atoms with Crippen LogP contribution in [0.5, 0.6) is 0 Å². The van der Waals surface area contributed by atoms with Crippen molar-refractivity contribution in [2.45, 2.75) is 24.1 Å². The first-order chi connectivity index (χ1) is 7.75. The minimum absolute atomic E-state index is 0.547. The molecule has 0 aliphatic heterocycles. The van der Waals surface area contributed by atoms with Gasteiger partial charge in [0.1, 0.15) is 6.33 Å². The van der Waals surface area contributed by atoms with E-state index in [0.29, 0.717) is 4.83 Å². The fourth-order valence-electron chi connectivity index (χ4n) is 1.98. The minimum atomic E-state index is 0.547. The molecule has 0 aromatic carbocycles. The van der Waals surface area contributed by atoms with E-state index in [0.717, 1.165) is 29.1 Å². The van der Waals surface area contributed by atoms with Crippen LogP contribution in [0.1, 0.15) is 18.5 Å². The summed E-state index contributed by atoms with van der Waals surface area (Å²) < 4.78 is 1.79. The van der Waals surface area contributed by atoms with E-state index < -0.39 is 0 Å². The molecule has 5 heteroatoms. The second-order valence-electron chi connectivity index (χ2n) is 4.38. The third-order valence-corrected chi connectivity index (χ3v) is 4.21. The van der Waals surface area contributed by atoms with Crippen molar-refractivity contribution in [1.29, 1.82) is 0 Å². The Morgan fingerprint density at radius 1 is 1.50 bits per heavy atom. The van der Waals surface area contributed by atoms with Crippen molar-refractivity contribution in [1.82, 2.24) is 19.7 Å². The topological polar surface area (TPSA) is 43.6 Å². The molecule has 2 heterocycles. The first-order valence-corrected chi connectivity index (χ1v) is 6.43. The summed E-state index contributed by atoms with van der Waals surface area (Å²) in [4.78, 5) is 9.17. The van der Waals surface area contributed by atoms with E-state index in [1.807, 2.05) is 13.2 Å². The lowest BCUT2D eigenvalue weighted by Crippen LogP contribution is -2.07. The normalized spacial score (nSPS) is 17.9. The van der Waals surface area contributed by atoms with Crippen molar-refractivity contribution in [2.75, 3.05) is 0 Å². The number of nitrogens with zero attached hydrogens (tertiary/aromatic N) is 4. The van der Waals surface area contributed by atoms with Gasteiger partial charge < -0.3 is 0 Å². The van der Waals surface area contributed by atoms with Crippen molar-refractivity contribution in [3.05, 3.63) is 18.2 Å². The van der Waals surface area contributed by atoms with Gasteiger partial charge in [-0.25, -0.2) is 9.97 Å². The summed E-state index contributed by atoms with van der Waals surface area (Å²) in [6, 6.07) is 0. The number of hydrogen-bond donors (Lipinski definition) is 0. The zero-order valence-electron chi connectivity index (χ0n) is 9.10. The SMILES string of the molecule is Cn1ncc2c(CC(Br)C3CC3)ncnc21. The van der Waals surface area contributed by atoms with Gasteiger partial charge in [-0.2, -0.15) is 5.10 Å². The summed E-state index contributed by atoms with van der Waals surface area (Å²) in [5.74, 6) is 0.835. The van der Waals surface area contributed by atoms with Gasteiger partial charge in [0.05, 0.1) is 17.3 Å². The number of aryl methyl sites for hydroxylation is 1. The smallest absolute Gasteiger partial charge is 0.161 e. The molecule has 1 unspecified atom stereocenters. The quantitative estimate of drug-likeness (QED) is 0.809. The van der Waals surface area contributed by atoms with Gasteiger partial charge in [-0.3, -0.25) is 4.68 Å². The monoisotopic (exact) mass is 280 g/mol. The van der Waals surface area contributed by atoms with E-state index in [9.17, 15) is 0 Å². The van der Waals surface area contributed by atoms with Crippen LogP contribution in [0, 0.1) is 5.92 Å². The third kappa shape index (κ3) is 1.73. The summed E-state index contributed by atoms with van der Waals surface area (Å²) >= 11 is 3.75. The van der Waals surface area contributed by atoms with Gasteiger partial charge in [-0.15, -0.1) is 0 Å². The first-order valence-electron chi connectivity index (χ1n) is 5.51. The molecule has 1 aliphatic rings. The Labute approximate surface area is 102 Å². The molecule has 0 saturated heterocycles. The van der Waals surface area contributed by atoms with Crippen molar-refractivity contribution in [2.24, 2.45) is 13.0 Å². The van der Waals surface area contributed by atoms with Crippen LogP contribution in [0.2, 0.25) is 0 Å². The number of halogens is 1. The molecule has 84 valence electrons. The molecule has 1 aliphatic carbocycles. The highest BCUT2D eigenvalue weighted by Crippen LogP contribution is 2.38. The predicted octanol–water partition coefficient (Wildman–Crippen LogP) is 2.08. The van der Waals surface area contributed by atoms with Gasteiger partial charge >= 0.3 is 0 Å². The molecule has 0 amide bonds. The molecule has 0 spiro atoms. The Bertz CT molecular complexity index is 518. The minimum Gasteiger partial charge on any atom is -0.250 e. The molecule has 1 fully saturated rings. The highest BCUT2D eigenvalue weighted by atomic mass is 79.9. The lowest BCUT2D eigenvalue weighted by Gasteiger charge is -2.07. The largest absolute Gasteiger partial charge is 0.250 e. The Morgan fingerprint density at radius 2 is 2.31 bits per heavy atom. The third-order valence-electron chi connectivity index (χ3n) is 3.13. The van der Waals surface area contributed by atoms with Crippen LogP contribution in [0.25, 0.3) is 11.0 Å². The molecule has 1 saturated carbocycles. The maximum absolute atomic E-state index is 4.38. The van der Waals surface area contributed by atoms with Crippen LogP contribution < -0.4 is 0 Å². The summed E-state index contributed by atoms with van der Waals surface area (Å²) in [6.45, 7) is 0. The summed E-state index contributed by atoms with van der Waals surface area (Å²) in [5, 5.41) is 5.30. The molecule has 0 radical (unpaired) electrons. The van der Waals surface area contributed by atoms with E-state index in [-0.39, 0.29) is 0 Å². The highest BCUT2D eigenvalue weighted by molar-refractivity contribution is 9.09. The maximum Gasteiger partial charge on any atom is 0.161 e. The molecule has 3 rings (SSSR count). The standard InChI is InChI=1S/C11H13BrN4/c1-16-11-8(5-15-16)10(13-6-14-11)4-9(12)7-2-3-7/h5-7,9H,2-4H2,1H3. The molecule has 2 aromatic heterocycles. The van der Waals surface area contributed by atoms with Gasteiger partial charge in [-0.05, 0) is 18.8 Å². The molecular formula is C11H13BrN4. The maximum atomic E-state index is 4.38. The fourth-order valence-corrected chi connectivity index (χ4v) is 2.82. The van der Waals surface area contributed by atoms with E-state index >= 15 is 0 Å². The van der Waals surface area contributed by atoms with Crippen LogP contribution in [0.15, 0.2) is 12.5 Å². The van der Waals surface area contributed by atoms with E-state index in [4.69, 9.17) is 0 Å². The van der Waals surface area contributed by atoms with Gasteiger partial charge in [0.15, 0.2) is 5.65 Å². The Morgan fingerprint density at radius 3 is 3.06 bits per heavy atom. The van der Waals surface area contributed by atoms with E-state index in [1.54, 1.807) is 11.0 Å². The number of rotatable bonds is 3. The van der Waals surface area contributed by atoms with E-state index in [2.05, 4.69) is 31.0 Å². The number of hydrogen-bond acceptors (Lipinski definition) is 3. The highest BCUT2D eigenvalue weighted by Gasteiger charge is 2.30. The predicted molar refractivity (Wildman–Crippen MR) is 65.4 cm³/mol. The van der Waals surface area contributed by atoms with Crippen LogP contribution >= 0.6 is 15.9 Å². The lowest BCUT2D eigenvalue weighted by atomic mass is 10.1.